The molecule has 246 valence electrons. The quantitative estimate of drug-likeness (QED) is 0.137. The molecule has 9 aromatic rings. The van der Waals surface area contributed by atoms with E-state index in [-0.39, 0.29) is 11.5 Å². The first-order valence-electron chi connectivity index (χ1n) is 17.3. The van der Waals surface area contributed by atoms with Crippen LogP contribution in [-0.4, -0.2) is 22.6 Å². The molecule has 9 rings (SSSR count). The fourth-order valence-corrected chi connectivity index (χ4v) is 7.30. The summed E-state index contributed by atoms with van der Waals surface area (Å²) >= 11 is 0. The van der Waals surface area contributed by atoms with Crippen molar-refractivity contribution in [2.24, 2.45) is 9.98 Å². The Balaban J connectivity index is 1.08. The van der Waals surface area contributed by atoms with E-state index < -0.39 is 0 Å². The molecule has 4 heteroatoms. The standard InChI is InChI=1S/C48H32N2O2/c51-47-35(17-11-23-41(47)45-37-19-5-1-13-31(37)27-32-14-2-6-20-38(32)45)29-49-43-25-9-10-26-44(43)50-30-36-18-12-24-42(48(36)52)46-39-21-7-3-15-33(39)28-34-16-4-8-22-40(34)46/h1-30,51-52H. The van der Waals surface area contributed by atoms with Crippen LogP contribution >= 0.6 is 0 Å². The molecule has 0 saturated heterocycles. The maximum Gasteiger partial charge on any atom is 0.132 e. The summed E-state index contributed by atoms with van der Waals surface area (Å²) in [4.78, 5) is 9.61. The van der Waals surface area contributed by atoms with E-state index in [1.165, 1.54) is 0 Å². The number of phenols is 2. The Labute approximate surface area is 300 Å². The zero-order chi connectivity index (χ0) is 35.0. The first kappa shape index (κ1) is 31.0. The van der Waals surface area contributed by atoms with E-state index in [0.29, 0.717) is 22.5 Å². The Bertz CT molecular complexity index is 2580. The third kappa shape index (κ3) is 5.44. The van der Waals surface area contributed by atoms with E-state index in [1.807, 2.05) is 109 Å². The molecule has 9 aromatic carbocycles. The molecule has 52 heavy (non-hydrogen) atoms. The highest BCUT2D eigenvalue weighted by atomic mass is 16.3. The van der Waals surface area contributed by atoms with Crippen LogP contribution in [0, 0.1) is 0 Å². The molecule has 0 atom stereocenters. The highest BCUT2D eigenvalue weighted by Gasteiger charge is 2.16. The van der Waals surface area contributed by atoms with E-state index in [2.05, 4.69) is 60.7 Å². The maximum absolute atomic E-state index is 11.7. The van der Waals surface area contributed by atoms with Crippen molar-refractivity contribution in [3.05, 3.63) is 181 Å². The summed E-state index contributed by atoms with van der Waals surface area (Å²) in [6.07, 6.45) is 3.37. The van der Waals surface area contributed by atoms with Gasteiger partial charge >= 0.3 is 0 Å². The number of hydrogen-bond donors (Lipinski definition) is 2. The van der Waals surface area contributed by atoms with E-state index >= 15 is 0 Å². The summed E-state index contributed by atoms with van der Waals surface area (Å²) in [5.74, 6) is 0.327. The van der Waals surface area contributed by atoms with Gasteiger partial charge in [0.15, 0.2) is 0 Å². The number of aliphatic imine (C=N–C) groups is 2. The minimum absolute atomic E-state index is 0.163. The minimum Gasteiger partial charge on any atom is -0.507 e. The van der Waals surface area contributed by atoms with E-state index in [1.54, 1.807) is 12.4 Å². The first-order chi connectivity index (χ1) is 25.6. The van der Waals surface area contributed by atoms with Crippen molar-refractivity contribution >= 4 is 66.9 Å². The Morgan fingerprint density at radius 2 is 0.673 bits per heavy atom. The average molecular weight is 669 g/mol. The summed E-state index contributed by atoms with van der Waals surface area (Å²) < 4.78 is 0. The molecule has 0 aliphatic rings. The van der Waals surface area contributed by atoms with Crippen molar-refractivity contribution in [2.75, 3.05) is 0 Å². The number of aromatic hydroxyl groups is 2. The number of hydrogen-bond acceptors (Lipinski definition) is 4. The van der Waals surface area contributed by atoms with Crippen molar-refractivity contribution < 1.29 is 10.2 Å². The van der Waals surface area contributed by atoms with Gasteiger partial charge in [0, 0.05) is 45.8 Å². The second-order valence-corrected chi connectivity index (χ2v) is 12.9. The molecule has 0 spiro atoms. The fraction of sp³-hybridized carbons (Fsp3) is 0. The molecule has 0 radical (unpaired) electrons. The monoisotopic (exact) mass is 668 g/mol. The lowest BCUT2D eigenvalue weighted by Gasteiger charge is -2.14. The van der Waals surface area contributed by atoms with Crippen LogP contribution in [0.15, 0.2) is 180 Å². The van der Waals surface area contributed by atoms with Crippen molar-refractivity contribution in [2.45, 2.75) is 0 Å². The lowest BCUT2D eigenvalue weighted by molar-refractivity contribution is 0.476. The van der Waals surface area contributed by atoms with Crippen LogP contribution in [0.25, 0.3) is 65.3 Å². The summed E-state index contributed by atoms with van der Waals surface area (Å²) in [6.45, 7) is 0. The summed E-state index contributed by atoms with van der Waals surface area (Å²) in [6, 6.07) is 56.6. The second-order valence-electron chi connectivity index (χ2n) is 12.9. The van der Waals surface area contributed by atoms with Gasteiger partial charge in [-0.05, 0) is 79.5 Å². The van der Waals surface area contributed by atoms with Crippen molar-refractivity contribution in [1.82, 2.24) is 0 Å². The highest BCUT2D eigenvalue weighted by molar-refractivity contribution is 6.15. The van der Waals surface area contributed by atoms with Gasteiger partial charge in [-0.15, -0.1) is 0 Å². The molecular weight excluding hydrogens is 637 g/mol. The molecular formula is C48H32N2O2. The Kier molecular flexibility index (Phi) is 7.75. The SMILES string of the molecule is Oc1c(C=Nc2ccccc2N=Cc2cccc(-c3c4ccccc4cc4ccccc34)c2O)cccc1-c1c2ccccc2cc2ccccc12. The Hall–Kier alpha value is -7.04. The van der Waals surface area contributed by atoms with Gasteiger partial charge in [0.1, 0.15) is 11.5 Å². The van der Waals surface area contributed by atoms with Gasteiger partial charge < -0.3 is 10.2 Å². The number of rotatable bonds is 6. The fourth-order valence-electron chi connectivity index (χ4n) is 7.30. The van der Waals surface area contributed by atoms with E-state index in [9.17, 15) is 10.2 Å². The normalized spacial score (nSPS) is 11.8. The third-order valence-electron chi connectivity index (χ3n) is 9.78. The first-order valence-corrected chi connectivity index (χ1v) is 17.3. The second kappa shape index (κ2) is 13.0. The predicted octanol–water partition coefficient (Wildman–Crippen LogP) is 12.5. The van der Waals surface area contributed by atoms with Crippen LogP contribution in [0.5, 0.6) is 11.5 Å². The van der Waals surface area contributed by atoms with Crippen LogP contribution in [0.1, 0.15) is 11.1 Å². The van der Waals surface area contributed by atoms with Gasteiger partial charge in [0.05, 0.1) is 11.4 Å². The van der Waals surface area contributed by atoms with Crippen molar-refractivity contribution in [3.8, 4) is 33.8 Å². The van der Waals surface area contributed by atoms with Crippen LogP contribution < -0.4 is 0 Å². The van der Waals surface area contributed by atoms with Crippen LogP contribution in [0.4, 0.5) is 11.4 Å². The number of nitrogens with zero attached hydrogens (tertiary/aromatic N) is 2. The highest BCUT2D eigenvalue weighted by Crippen LogP contribution is 2.43. The van der Waals surface area contributed by atoms with Crippen LogP contribution in [-0.2, 0) is 0 Å². The molecule has 0 unspecified atom stereocenters. The number of fused-ring (bicyclic) bond motifs is 4. The van der Waals surface area contributed by atoms with Crippen LogP contribution in [0.3, 0.4) is 0 Å². The Morgan fingerprint density at radius 3 is 1.04 bits per heavy atom. The topological polar surface area (TPSA) is 65.2 Å². The summed E-state index contributed by atoms with van der Waals surface area (Å²) in [5.41, 5.74) is 5.94. The van der Waals surface area contributed by atoms with E-state index in [0.717, 1.165) is 65.3 Å². The minimum atomic E-state index is 0.163. The summed E-state index contributed by atoms with van der Waals surface area (Å²) in [5, 5.41) is 32.1. The van der Waals surface area contributed by atoms with Gasteiger partial charge in [-0.25, -0.2) is 0 Å². The largest absolute Gasteiger partial charge is 0.507 e. The average Bonchev–Trinajstić information content (AvgIpc) is 3.19. The Morgan fingerprint density at radius 1 is 0.346 bits per heavy atom. The molecule has 2 N–H and O–H groups in total. The molecule has 0 aromatic heterocycles. The summed E-state index contributed by atoms with van der Waals surface area (Å²) in [7, 11) is 0. The van der Waals surface area contributed by atoms with Gasteiger partial charge in [-0.2, -0.15) is 0 Å². The van der Waals surface area contributed by atoms with Gasteiger partial charge in [0.25, 0.3) is 0 Å². The molecule has 0 amide bonds. The third-order valence-corrected chi connectivity index (χ3v) is 9.78. The molecule has 0 fully saturated rings. The smallest absolute Gasteiger partial charge is 0.132 e. The van der Waals surface area contributed by atoms with Crippen molar-refractivity contribution in [1.29, 1.82) is 0 Å². The zero-order valence-corrected chi connectivity index (χ0v) is 28.1. The van der Waals surface area contributed by atoms with Gasteiger partial charge in [-0.1, -0.05) is 133 Å². The number of benzene rings is 9. The zero-order valence-electron chi connectivity index (χ0n) is 28.1. The van der Waals surface area contributed by atoms with Crippen LogP contribution in [0.2, 0.25) is 0 Å². The molecule has 0 saturated carbocycles. The number of phenolic OH excluding ortho intramolecular Hbond substituents is 2. The van der Waals surface area contributed by atoms with Gasteiger partial charge in [0.2, 0.25) is 0 Å². The molecule has 0 heterocycles. The molecule has 0 aliphatic heterocycles. The predicted molar refractivity (Wildman–Crippen MR) is 218 cm³/mol. The van der Waals surface area contributed by atoms with Gasteiger partial charge in [-0.3, -0.25) is 9.98 Å². The molecule has 0 aliphatic carbocycles. The van der Waals surface area contributed by atoms with E-state index in [4.69, 9.17) is 9.98 Å². The molecule has 0 bridgehead atoms. The maximum atomic E-state index is 11.7. The van der Waals surface area contributed by atoms with Crippen molar-refractivity contribution in [3.63, 3.8) is 0 Å². The molecule has 4 nitrogen and oxygen atoms in total. The lowest BCUT2D eigenvalue weighted by Crippen LogP contribution is -1.90. The lowest BCUT2D eigenvalue weighted by atomic mass is 9.91. The number of para-hydroxylation sites is 4.